The molecule has 0 amide bonds. The molecule has 4 rings (SSSR count). The average molecular weight is 378 g/mol. The fraction of sp³-hybridized carbons (Fsp3) is 0.364. The molecule has 0 saturated heterocycles. The molecule has 0 atom stereocenters. The van der Waals surface area contributed by atoms with E-state index in [0.717, 1.165) is 45.7 Å². The van der Waals surface area contributed by atoms with Crippen LogP contribution < -0.4 is 15.6 Å². The number of ether oxygens (including phenoxy) is 1. The Morgan fingerprint density at radius 3 is 2.63 bits per heavy atom. The summed E-state index contributed by atoms with van der Waals surface area (Å²) in [6, 6.07) is 13.1. The van der Waals surface area contributed by atoms with E-state index in [9.17, 15) is 4.79 Å². The molecule has 1 aliphatic rings. The standard InChI is InChI=1S/C22H25N2O2Si/c1-4-27(3)20-12-11-19(26-14-15-9-10-15)21(23-20)18-13-24(2)22(25)17-8-6-5-7-16(17)18/h5-8,11-13,15H,4,9-10,14H2,1-3H3. The lowest BCUT2D eigenvalue weighted by atomic mass is 10.0. The molecule has 0 unspecified atom stereocenters. The van der Waals surface area contributed by atoms with Crippen LogP contribution in [-0.4, -0.2) is 25.0 Å². The largest absolute Gasteiger partial charge is 0.491 e. The highest BCUT2D eigenvalue weighted by molar-refractivity contribution is 6.71. The van der Waals surface area contributed by atoms with Gasteiger partial charge in [0, 0.05) is 29.5 Å². The second kappa shape index (κ2) is 7.31. The van der Waals surface area contributed by atoms with Gasteiger partial charge in [0.2, 0.25) is 0 Å². The Kier molecular flexibility index (Phi) is 4.87. The van der Waals surface area contributed by atoms with Crippen molar-refractivity contribution >= 4 is 24.9 Å². The molecule has 0 aliphatic heterocycles. The molecule has 1 aromatic carbocycles. The van der Waals surface area contributed by atoms with Crippen LogP contribution >= 0.6 is 0 Å². The fourth-order valence-corrected chi connectivity index (χ4v) is 4.30. The summed E-state index contributed by atoms with van der Waals surface area (Å²) in [5, 5.41) is 2.81. The van der Waals surface area contributed by atoms with Gasteiger partial charge in [-0.25, -0.2) is 0 Å². The van der Waals surface area contributed by atoms with Crippen LogP contribution in [0.5, 0.6) is 5.75 Å². The highest BCUT2D eigenvalue weighted by Gasteiger charge is 2.24. The van der Waals surface area contributed by atoms with Crippen LogP contribution in [0.25, 0.3) is 22.0 Å². The lowest BCUT2D eigenvalue weighted by Gasteiger charge is -2.16. The van der Waals surface area contributed by atoms with E-state index in [4.69, 9.17) is 9.72 Å². The van der Waals surface area contributed by atoms with Gasteiger partial charge < -0.3 is 9.30 Å². The van der Waals surface area contributed by atoms with Crippen LogP contribution in [0.4, 0.5) is 0 Å². The molecule has 5 heteroatoms. The summed E-state index contributed by atoms with van der Waals surface area (Å²) in [5.41, 5.74) is 1.84. The number of fused-ring (bicyclic) bond motifs is 1. The summed E-state index contributed by atoms with van der Waals surface area (Å²) in [7, 11) is 1.12. The maximum atomic E-state index is 12.6. The van der Waals surface area contributed by atoms with Crippen molar-refractivity contribution in [3.63, 3.8) is 0 Å². The Morgan fingerprint density at radius 1 is 1.19 bits per heavy atom. The predicted octanol–water partition coefficient (Wildman–Crippen LogP) is 3.74. The topological polar surface area (TPSA) is 44.1 Å². The number of benzene rings is 1. The van der Waals surface area contributed by atoms with Crippen molar-refractivity contribution in [3.05, 3.63) is 52.9 Å². The molecule has 1 aliphatic carbocycles. The van der Waals surface area contributed by atoms with Gasteiger partial charge in [-0.05, 0) is 42.3 Å². The number of hydrogen-bond acceptors (Lipinski definition) is 3. The van der Waals surface area contributed by atoms with E-state index in [1.807, 2.05) is 30.5 Å². The first-order valence-corrected chi connectivity index (χ1v) is 11.8. The second-order valence-electron chi connectivity index (χ2n) is 7.44. The average Bonchev–Trinajstić information content (AvgIpc) is 3.53. The Hall–Kier alpha value is -2.40. The third kappa shape index (κ3) is 3.56. The summed E-state index contributed by atoms with van der Waals surface area (Å²) < 4.78 is 7.81. The zero-order chi connectivity index (χ0) is 19.0. The van der Waals surface area contributed by atoms with Crippen LogP contribution in [-0.2, 0) is 7.05 Å². The highest BCUT2D eigenvalue weighted by Crippen LogP contribution is 2.34. The summed E-state index contributed by atoms with van der Waals surface area (Å²) in [5.74, 6) is 1.50. The molecule has 1 radical (unpaired) electrons. The van der Waals surface area contributed by atoms with Gasteiger partial charge in [-0.15, -0.1) is 0 Å². The second-order valence-corrected chi connectivity index (χ2v) is 10.2. The van der Waals surface area contributed by atoms with Gasteiger partial charge in [0.25, 0.3) is 5.56 Å². The first kappa shape index (κ1) is 18.0. The summed E-state index contributed by atoms with van der Waals surface area (Å²) in [4.78, 5) is 17.6. The van der Waals surface area contributed by atoms with E-state index < -0.39 is 8.80 Å². The Labute approximate surface area is 161 Å². The van der Waals surface area contributed by atoms with Crippen molar-refractivity contribution in [2.75, 3.05) is 6.61 Å². The normalized spacial score (nSPS) is 14.1. The van der Waals surface area contributed by atoms with Crippen molar-refractivity contribution in [2.24, 2.45) is 13.0 Å². The molecule has 0 N–H and O–H groups in total. The van der Waals surface area contributed by atoms with Crippen molar-refractivity contribution in [3.8, 4) is 17.0 Å². The zero-order valence-electron chi connectivity index (χ0n) is 16.2. The molecule has 2 heterocycles. The van der Waals surface area contributed by atoms with Gasteiger partial charge in [-0.2, -0.15) is 0 Å². The lowest BCUT2D eigenvalue weighted by molar-refractivity contribution is 0.300. The number of nitrogens with zero attached hydrogens (tertiary/aromatic N) is 2. The van der Waals surface area contributed by atoms with E-state index in [2.05, 4.69) is 25.6 Å². The summed E-state index contributed by atoms with van der Waals surface area (Å²) in [6.45, 7) is 5.25. The number of hydrogen-bond donors (Lipinski definition) is 0. The van der Waals surface area contributed by atoms with Gasteiger partial charge in [-0.3, -0.25) is 9.78 Å². The fourth-order valence-electron chi connectivity index (χ4n) is 3.27. The molecule has 139 valence electrons. The van der Waals surface area contributed by atoms with Crippen LogP contribution in [0.3, 0.4) is 0 Å². The first-order chi connectivity index (χ1) is 13.1. The van der Waals surface area contributed by atoms with E-state index in [1.165, 1.54) is 12.8 Å². The minimum Gasteiger partial charge on any atom is -0.491 e. The van der Waals surface area contributed by atoms with E-state index in [0.29, 0.717) is 5.92 Å². The molecule has 0 spiro atoms. The van der Waals surface area contributed by atoms with E-state index >= 15 is 0 Å². The highest BCUT2D eigenvalue weighted by atomic mass is 28.3. The van der Waals surface area contributed by atoms with Gasteiger partial charge in [-0.1, -0.05) is 37.7 Å². The molecule has 27 heavy (non-hydrogen) atoms. The van der Waals surface area contributed by atoms with Crippen LogP contribution in [0, 0.1) is 5.92 Å². The van der Waals surface area contributed by atoms with Gasteiger partial charge in [0.15, 0.2) is 0 Å². The minimum atomic E-state index is -0.676. The minimum absolute atomic E-state index is 0.0137. The third-order valence-electron chi connectivity index (χ3n) is 5.34. The van der Waals surface area contributed by atoms with Gasteiger partial charge in [0.05, 0.1) is 6.61 Å². The maximum Gasteiger partial charge on any atom is 0.258 e. The van der Waals surface area contributed by atoms with E-state index in [1.54, 1.807) is 11.6 Å². The number of rotatable bonds is 6. The predicted molar refractivity (Wildman–Crippen MR) is 112 cm³/mol. The smallest absolute Gasteiger partial charge is 0.258 e. The summed E-state index contributed by atoms with van der Waals surface area (Å²) in [6.07, 6.45) is 4.40. The molecule has 4 nitrogen and oxygen atoms in total. The number of pyridine rings is 2. The number of aryl methyl sites for hydroxylation is 1. The Balaban J connectivity index is 1.91. The Morgan fingerprint density at radius 2 is 1.93 bits per heavy atom. The third-order valence-corrected chi connectivity index (χ3v) is 7.56. The van der Waals surface area contributed by atoms with Crippen molar-refractivity contribution in [2.45, 2.75) is 32.4 Å². The molecule has 1 fully saturated rings. The van der Waals surface area contributed by atoms with E-state index in [-0.39, 0.29) is 5.56 Å². The molecular weight excluding hydrogens is 352 g/mol. The van der Waals surface area contributed by atoms with Crippen LogP contribution in [0.2, 0.25) is 12.6 Å². The molecule has 0 bridgehead atoms. The molecule has 2 aromatic heterocycles. The van der Waals surface area contributed by atoms with Crippen molar-refractivity contribution in [1.29, 1.82) is 0 Å². The quantitative estimate of drug-likeness (QED) is 0.615. The number of aromatic nitrogens is 2. The van der Waals surface area contributed by atoms with Gasteiger partial charge >= 0.3 is 0 Å². The van der Waals surface area contributed by atoms with Crippen LogP contribution in [0.15, 0.2) is 47.4 Å². The summed E-state index contributed by atoms with van der Waals surface area (Å²) >= 11 is 0. The Bertz CT molecular complexity index is 1040. The SMILES string of the molecule is CC[Si](C)c1ccc(OCC2CC2)c(-c2cn(C)c(=O)c3ccccc23)n1. The molecular formula is C22H25N2O2Si. The zero-order valence-corrected chi connectivity index (χ0v) is 17.2. The molecule has 3 aromatic rings. The molecule has 1 saturated carbocycles. The monoisotopic (exact) mass is 377 g/mol. The van der Waals surface area contributed by atoms with Crippen molar-refractivity contribution < 1.29 is 4.74 Å². The van der Waals surface area contributed by atoms with Crippen molar-refractivity contribution in [1.82, 2.24) is 9.55 Å². The maximum absolute atomic E-state index is 12.6. The van der Waals surface area contributed by atoms with Crippen LogP contribution in [0.1, 0.15) is 19.8 Å². The lowest BCUT2D eigenvalue weighted by Crippen LogP contribution is -2.29. The van der Waals surface area contributed by atoms with Gasteiger partial charge in [0.1, 0.15) is 20.2 Å². The first-order valence-electron chi connectivity index (χ1n) is 9.64.